The summed E-state index contributed by atoms with van der Waals surface area (Å²) < 4.78 is 38.5. The Kier molecular flexibility index (Phi) is 4.53. The van der Waals surface area contributed by atoms with Crippen LogP contribution in [0.4, 0.5) is 0 Å². The number of carbonyl (C=O) groups is 1. The molecular weight excluding hydrogens is 369 g/mol. The van der Waals surface area contributed by atoms with Gasteiger partial charge in [-0.05, 0) is 52.8 Å². The molecule has 7 nitrogen and oxygen atoms in total. The molecule has 144 valence electrons. The van der Waals surface area contributed by atoms with E-state index in [1.54, 1.807) is 12.1 Å². The van der Waals surface area contributed by atoms with Gasteiger partial charge in [0.15, 0.2) is 0 Å². The summed E-state index contributed by atoms with van der Waals surface area (Å²) in [4.78, 5) is 11.7. The summed E-state index contributed by atoms with van der Waals surface area (Å²) in [5.41, 5.74) is -0.391. The van der Waals surface area contributed by atoms with E-state index in [1.807, 2.05) is 34.6 Å². The van der Waals surface area contributed by atoms with Crippen molar-refractivity contribution in [3.8, 4) is 0 Å². The molecule has 0 atom stereocenters. The van der Waals surface area contributed by atoms with Crippen LogP contribution in [0, 0.1) is 6.92 Å². The second kappa shape index (κ2) is 6.22. The van der Waals surface area contributed by atoms with Gasteiger partial charge in [0.05, 0.1) is 16.1 Å². The molecule has 1 N–H and O–H groups in total. The molecule has 0 saturated carbocycles. The first-order valence-electron chi connectivity index (χ1n) is 8.49. The minimum absolute atomic E-state index is 0.00617. The Morgan fingerprint density at radius 2 is 1.59 bits per heavy atom. The van der Waals surface area contributed by atoms with Crippen molar-refractivity contribution in [1.82, 2.24) is 3.97 Å². The Hall–Kier alpha value is -2.10. The first-order chi connectivity index (χ1) is 12.3. The Balaban J connectivity index is 2.08. The van der Waals surface area contributed by atoms with Crippen LogP contribution in [0.15, 0.2) is 41.4 Å². The zero-order valence-electron chi connectivity index (χ0n) is 15.9. The van der Waals surface area contributed by atoms with Crippen LogP contribution in [-0.4, -0.2) is 41.8 Å². The number of carboxylic acids is 1. The predicted octanol–water partition coefficient (Wildman–Crippen LogP) is 2.03. The standard InChI is InChI=1S/C18H22BNO6S/c1-12-6-8-14(9-7-12)27(23,24)20-11-13(10-15(20)16(21)22)19-25-17(2,3)18(4,5)26-19/h6-11H,1-5H3,(H,21,22). The van der Waals surface area contributed by atoms with Crippen LogP contribution < -0.4 is 5.46 Å². The fourth-order valence-electron chi connectivity index (χ4n) is 2.75. The number of nitrogens with zero attached hydrogens (tertiary/aromatic N) is 1. The van der Waals surface area contributed by atoms with E-state index >= 15 is 0 Å². The van der Waals surface area contributed by atoms with Crippen molar-refractivity contribution < 1.29 is 27.6 Å². The fraction of sp³-hybridized carbons (Fsp3) is 0.389. The third kappa shape index (κ3) is 3.31. The van der Waals surface area contributed by atoms with Crippen molar-refractivity contribution in [2.24, 2.45) is 0 Å². The van der Waals surface area contributed by atoms with Gasteiger partial charge in [0, 0.05) is 11.7 Å². The van der Waals surface area contributed by atoms with Crippen LogP contribution in [0.3, 0.4) is 0 Å². The number of aryl methyl sites for hydroxylation is 1. The average molecular weight is 391 g/mol. The van der Waals surface area contributed by atoms with E-state index in [1.165, 1.54) is 24.4 Å². The lowest BCUT2D eigenvalue weighted by molar-refractivity contribution is 0.00578. The maximum absolute atomic E-state index is 13.0. The SMILES string of the molecule is Cc1ccc(S(=O)(=O)n2cc(B3OC(C)(C)C(C)(C)O3)cc2C(=O)O)cc1. The zero-order chi connectivity index (χ0) is 20.2. The molecule has 1 saturated heterocycles. The van der Waals surface area contributed by atoms with Gasteiger partial charge in [-0.3, -0.25) is 0 Å². The third-order valence-electron chi connectivity index (χ3n) is 5.13. The Morgan fingerprint density at radius 3 is 2.07 bits per heavy atom. The van der Waals surface area contributed by atoms with Crippen LogP contribution in [-0.2, 0) is 19.3 Å². The van der Waals surface area contributed by atoms with Crippen molar-refractivity contribution >= 4 is 28.6 Å². The molecular formula is C18H22BNO6S. The summed E-state index contributed by atoms with van der Waals surface area (Å²) in [5.74, 6) is -1.35. The van der Waals surface area contributed by atoms with Crippen molar-refractivity contribution in [3.63, 3.8) is 0 Å². The summed E-state index contributed by atoms with van der Waals surface area (Å²) in [7, 11) is -4.93. The third-order valence-corrected chi connectivity index (χ3v) is 6.82. The van der Waals surface area contributed by atoms with Gasteiger partial charge in [0.1, 0.15) is 5.69 Å². The van der Waals surface area contributed by atoms with Crippen LogP contribution >= 0.6 is 0 Å². The average Bonchev–Trinajstić information content (AvgIpc) is 3.08. The molecule has 9 heteroatoms. The lowest BCUT2D eigenvalue weighted by Crippen LogP contribution is -2.41. The minimum atomic E-state index is -4.07. The lowest BCUT2D eigenvalue weighted by atomic mass is 9.81. The topological polar surface area (TPSA) is 94.8 Å². The molecule has 0 amide bonds. The van der Waals surface area contributed by atoms with E-state index in [0.29, 0.717) is 5.46 Å². The Bertz CT molecular complexity index is 975. The predicted molar refractivity (Wildman–Crippen MR) is 101 cm³/mol. The zero-order valence-corrected chi connectivity index (χ0v) is 16.7. The summed E-state index contributed by atoms with van der Waals surface area (Å²) in [6.07, 6.45) is 1.25. The summed E-state index contributed by atoms with van der Waals surface area (Å²) in [6, 6.07) is 7.49. The number of aromatic nitrogens is 1. The van der Waals surface area contributed by atoms with Crippen LogP contribution in [0.5, 0.6) is 0 Å². The molecule has 3 rings (SSSR count). The molecule has 1 aliphatic rings. The largest absolute Gasteiger partial charge is 0.496 e. The highest BCUT2D eigenvalue weighted by molar-refractivity contribution is 7.90. The van der Waals surface area contributed by atoms with Crippen LogP contribution in [0.25, 0.3) is 0 Å². The molecule has 0 radical (unpaired) electrons. The fourth-order valence-corrected chi connectivity index (χ4v) is 4.11. The van der Waals surface area contributed by atoms with Gasteiger partial charge >= 0.3 is 13.1 Å². The van der Waals surface area contributed by atoms with Gasteiger partial charge in [-0.2, -0.15) is 0 Å². The Morgan fingerprint density at radius 1 is 1.07 bits per heavy atom. The molecule has 1 aromatic carbocycles. The smallest absolute Gasteiger partial charge is 0.477 e. The molecule has 1 aliphatic heterocycles. The molecule has 27 heavy (non-hydrogen) atoms. The first kappa shape index (κ1) is 19.7. The maximum atomic E-state index is 13.0. The molecule has 2 heterocycles. The van der Waals surface area contributed by atoms with Crippen molar-refractivity contribution in [2.45, 2.75) is 50.7 Å². The van der Waals surface area contributed by atoms with Crippen LogP contribution in [0.1, 0.15) is 43.7 Å². The van der Waals surface area contributed by atoms with E-state index in [-0.39, 0.29) is 10.6 Å². The second-order valence-corrected chi connectivity index (χ2v) is 9.48. The minimum Gasteiger partial charge on any atom is -0.477 e. The van der Waals surface area contributed by atoms with Crippen LogP contribution in [0.2, 0.25) is 0 Å². The summed E-state index contributed by atoms with van der Waals surface area (Å²) in [5, 5.41) is 9.51. The molecule has 0 aliphatic carbocycles. The molecule has 1 aromatic heterocycles. The molecule has 0 spiro atoms. The van der Waals surface area contributed by atoms with Crippen molar-refractivity contribution in [1.29, 1.82) is 0 Å². The van der Waals surface area contributed by atoms with E-state index in [4.69, 9.17) is 9.31 Å². The number of carboxylic acid groups (broad SMARTS) is 1. The van der Waals surface area contributed by atoms with Crippen molar-refractivity contribution in [2.75, 3.05) is 0 Å². The van der Waals surface area contributed by atoms with Crippen molar-refractivity contribution in [3.05, 3.63) is 47.8 Å². The highest BCUT2D eigenvalue weighted by Gasteiger charge is 2.52. The highest BCUT2D eigenvalue weighted by Crippen LogP contribution is 2.36. The number of aromatic carboxylic acids is 1. The molecule has 1 fully saturated rings. The van der Waals surface area contributed by atoms with Gasteiger partial charge in [-0.1, -0.05) is 17.7 Å². The van der Waals surface area contributed by atoms with Gasteiger partial charge in [-0.25, -0.2) is 17.2 Å². The first-order valence-corrected chi connectivity index (χ1v) is 9.93. The number of hydrogen-bond acceptors (Lipinski definition) is 5. The lowest BCUT2D eigenvalue weighted by Gasteiger charge is -2.32. The second-order valence-electron chi connectivity index (χ2n) is 7.67. The van der Waals surface area contributed by atoms with Gasteiger partial charge in [0.25, 0.3) is 10.0 Å². The molecule has 2 aromatic rings. The van der Waals surface area contributed by atoms with E-state index < -0.39 is 34.3 Å². The van der Waals surface area contributed by atoms with Gasteiger partial charge in [0.2, 0.25) is 0 Å². The van der Waals surface area contributed by atoms with Gasteiger partial charge < -0.3 is 14.4 Å². The normalized spacial score (nSPS) is 18.6. The monoisotopic (exact) mass is 391 g/mol. The number of hydrogen-bond donors (Lipinski definition) is 1. The van der Waals surface area contributed by atoms with E-state index in [9.17, 15) is 18.3 Å². The quantitative estimate of drug-likeness (QED) is 0.802. The van der Waals surface area contributed by atoms with E-state index in [0.717, 1.165) is 9.54 Å². The molecule has 0 bridgehead atoms. The van der Waals surface area contributed by atoms with Gasteiger partial charge in [-0.15, -0.1) is 0 Å². The van der Waals surface area contributed by atoms with E-state index in [2.05, 4.69) is 0 Å². The highest BCUT2D eigenvalue weighted by atomic mass is 32.2. The maximum Gasteiger partial charge on any atom is 0.496 e. The number of rotatable bonds is 4. The Labute approximate surface area is 159 Å². The number of benzene rings is 1. The molecule has 0 unspecified atom stereocenters. The summed E-state index contributed by atoms with van der Waals surface area (Å²) in [6.45, 7) is 9.30. The summed E-state index contributed by atoms with van der Waals surface area (Å²) >= 11 is 0.